The Labute approximate surface area is 107 Å². The van der Waals surface area contributed by atoms with E-state index in [0.29, 0.717) is 11.6 Å². The molecule has 1 aliphatic heterocycles. The molecule has 2 aliphatic rings. The quantitative estimate of drug-likeness (QED) is 0.810. The summed E-state index contributed by atoms with van der Waals surface area (Å²) in [6.45, 7) is 3.30. The second kappa shape index (κ2) is 6.19. The van der Waals surface area contributed by atoms with Crippen molar-refractivity contribution >= 4 is 0 Å². The van der Waals surface area contributed by atoms with Gasteiger partial charge in [-0.05, 0) is 58.4 Å². The van der Waals surface area contributed by atoms with Crippen molar-refractivity contribution in [1.29, 1.82) is 0 Å². The van der Waals surface area contributed by atoms with Crippen LogP contribution in [0.15, 0.2) is 0 Å². The molecule has 1 spiro atoms. The molecule has 1 saturated carbocycles. The summed E-state index contributed by atoms with van der Waals surface area (Å²) in [6.07, 6.45) is 12.2. The first-order chi connectivity index (χ1) is 8.24. The van der Waals surface area contributed by atoms with Crippen LogP contribution in [0.25, 0.3) is 0 Å². The summed E-state index contributed by atoms with van der Waals surface area (Å²) in [7, 11) is 2.07. The third-order valence-corrected chi connectivity index (χ3v) is 4.86. The molecule has 100 valence electrons. The van der Waals surface area contributed by atoms with Gasteiger partial charge in [0.25, 0.3) is 0 Å². The minimum Gasteiger partial charge on any atom is -0.375 e. The number of ether oxygens (including phenoxy) is 1. The summed E-state index contributed by atoms with van der Waals surface area (Å²) < 4.78 is 6.15. The first kappa shape index (κ1) is 13.4. The molecule has 2 rings (SSSR count). The van der Waals surface area contributed by atoms with Crippen LogP contribution in [0.1, 0.15) is 64.7 Å². The predicted molar refractivity (Wildman–Crippen MR) is 72.2 cm³/mol. The fourth-order valence-electron chi connectivity index (χ4n) is 3.55. The van der Waals surface area contributed by atoms with Crippen LogP contribution in [0, 0.1) is 5.92 Å². The average Bonchev–Trinajstić information content (AvgIpc) is 2.37. The van der Waals surface area contributed by atoms with Crippen molar-refractivity contribution in [2.45, 2.75) is 76.4 Å². The highest BCUT2D eigenvalue weighted by molar-refractivity contribution is 4.89. The molecule has 1 aliphatic carbocycles. The van der Waals surface area contributed by atoms with Crippen LogP contribution in [-0.4, -0.2) is 25.3 Å². The Morgan fingerprint density at radius 1 is 1.29 bits per heavy atom. The van der Waals surface area contributed by atoms with Crippen LogP contribution in [0.2, 0.25) is 0 Å². The van der Waals surface area contributed by atoms with Gasteiger partial charge in [-0.15, -0.1) is 0 Å². The highest BCUT2D eigenvalue weighted by atomic mass is 16.5. The van der Waals surface area contributed by atoms with Gasteiger partial charge in [0.05, 0.1) is 5.60 Å². The van der Waals surface area contributed by atoms with E-state index >= 15 is 0 Å². The van der Waals surface area contributed by atoms with E-state index < -0.39 is 0 Å². The summed E-state index contributed by atoms with van der Waals surface area (Å²) in [5.41, 5.74) is 0.296. The highest BCUT2D eigenvalue weighted by Crippen LogP contribution is 2.41. The van der Waals surface area contributed by atoms with Gasteiger partial charge < -0.3 is 10.1 Å². The predicted octanol–water partition coefficient (Wildman–Crippen LogP) is 3.50. The maximum atomic E-state index is 6.15. The molecular formula is C15H29NO. The topological polar surface area (TPSA) is 21.3 Å². The van der Waals surface area contributed by atoms with Crippen LogP contribution in [0.4, 0.5) is 0 Å². The van der Waals surface area contributed by atoms with Gasteiger partial charge in [-0.1, -0.05) is 19.3 Å². The second-order valence-electron chi connectivity index (χ2n) is 6.22. The summed E-state index contributed by atoms with van der Waals surface area (Å²) in [6, 6.07) is 0.667. The van der Waals surface area contributed by atoms with Crippen LogP contribution >= 0.6 is 0 Å². The molecule has 2 unspecified atom stereocenters. The Morgan fingerprint density at radius 2 is 2.06 bits per heavy atom. The molecular weight excluding hydrogens is 210 g/mol. The Hall–Kier alpha value is -0.0800. The van der Waals surface area contributed by atoms with E-state index in [1.54, 1.807) is 0 Å². The van der Waals surface area contributed by atoms with E-state index in [2.05, 4.69) is 19.3 Å². The normalized spacial score (nSPS) is 30.4. The molecule has 0 amide bonds. The van der Waals surface area contributed by atoms with Gasteiger partial charge in [0.2, 0.25) is 0 Å². The Kier molecular flexibility index (Phi) is 4.87. The maximum Gasteiger partial charge on any atom is 0.0685 e. The first-order valence-corrected chi connectivity index (χ1v) is 7.55. The highest BCUT2D eigenvalue weighted by Gasteiger charge is 2.38. The molecule has 1 heterocycles. The lowest BCUT2D eigenvalue weighted by molar-refractivity contribution is -0.118. The van der Waals surface area contributed by atoms with Gasteiger partial charge >= 0.3 is 0 Å². The molecule has 17 heavy (non-hydrogen) atoms. The van der Waals surface area contributed by atoms with Gasteiger partial charge in [-0.25, -0.2) is 0 Å². The SMILES string of the molecule is CNC(C)CCC1CCOC2(CCCCC2)C1. The van der Waals surface area contributed by atoms with Crippen molar-refractivity contribution in [3.05, 3.63) is 0 Å². The van der Waals surface area contributed by atoms with Gasteiger partial charge in [-0.3, -0.25) is 0 Å². The molecule has 2 nitrogen and oxygen atoms in total. The molecule has 1 saturated heterocycles. The summed E-state index contributed by atoms with van der Waals surface area (Å²) in [4.78, 5) is 0. The number of rotatable bonds is 4. The standard InChI is InChI=1S/C15H29NO/c1-13(16-2)6-7-14-8-11-17-15(12-14)9-4-3-5-10-15/h13-14,16H,3-12H2,1-2H3. The van der Waals surface area contributed by atoms with E-state index in [1.807, 2.05) is 0 Å². The largest absolute Gasteiger partial charge is 0.375 e. The first-order valence-electron chi connectivity index (χ1n) is 7.55. The molecule has 0 bridgehead atoms. The van der Waals surface area contributed by atoms with Crippen molar-refractivity contribution in [2.24, 2.45) is 5.92 Å². The second-order valence-corrected chi connectivity index (χ2v) is 6.22. The van der Waals surface area contributed by atoms with Gasteiger partial charge in [0.1, 0.15) is 0 Å². The number of hydrogen-bond donors (Lipinski definition) is 1. The molecule has 0 aromatic heterocycles. The van der Waals surface area contributed by atoms with Crippen LogP contribution < -0.4 is 5.32 Å². The fourth-order valence-corrected chi connectivity index (χ4v) is 3.55. The molecule has 2 fully saturated rings. The molecule has 0 radical (unpaired) electrons. The van der Waals surface area contributed by atoms with E-state index in [1.165, 1.54) is 57.8 Å². The van der Waals surface area contributed by atoms with Crippen LogP contribution in [0.5, 0.6) is 0 Å². The Morgan fingerprint density at radius 3 is 2.76 bits per heavy atom. The third-order valence-electron chi connectivity index (χ3n) is 4.86. The van der Waals surface area contributed by atoms with Gasteiger partial charge in [0, 0.05) is 12.6 Å². The molecule has 2 atom stereocenters. The van der Waals surface area contributed by atoms with Gasteiger partial charge in [0.15, 0.2) is 0 Å². The maximum absolute atomic E-state index is 6.15. The minimum absolute atomic E-state index is 0.296. The molecule has 0 aromatic rings. The zero-order chi connectivity index (χ0) is 12.1. The van der Waals surface area contributed by atoms with Crippen molar-refractivity contribution < 1.29 is 4.74 Å². The molecule has 0 aromatic carbocycles. The monoisotopic (exact) mass is 239 g/mol. The van der Waals surface area contributed by atoms with Gasteiger partial charge in [-0.2, -0.15) is 0 Å². The van der Waals surface area contributed by atoms with E-state index in [4.69, 9.17) is 4.74 Å². The van der Waals surface area contributed by atoms with Crippen molar-refractivity contribution in [2.75, 3.05) is 13.7 Å². The average molecular weight is 239 g/mol. The van der Waals surface area contributed by atoms with Crippen LogP contribution in [0.3, 0.4) is 0 Å². The number of nitrogens with one attached hydrogen (secondary N) is 1. The van der Waals surface area contributed by atoms with E-state index in [-0.39, 0.29) is 0 Å². The third kappa shape index (κ3) is 3.69. The lowest BCUT2D eigenvalue weighted by Gasteiger charge is -2.43. The lowest BCUT2D eigenvalue weighted by atomic mass is 9.75. The Bertz CT molecular complexity index is 217. The zero-order valence-electron chi connectivity index (χ0n) is 11.6. The van der Waals surface area contributed by atoms with E-state index in [9.17, 15) is 0 Å². The van der Waals surface area contributed by atoms with E-state index in [0.717, 1.165) is 12.5 Å². The summed E-state index contributed by atoms with van der Waals surface area (Å²) >= 11 is 0. The number of hydrogen-bond acceptors (Lipinski definition) is 2. The van der Waals surface area contributed by atoms with Crippen molar-refractivity contribution in [1.82, 2.24) is 5.32 Å². The minimum atomic E-state index is 0.296. The Balaban J connectivity index is 1.79. The summed E-state index contributed by atoms with van der Waals surface area (Å²) in [5, 5.41) is 3.34. The van der Waals surface area contributed by atoms with Crippen molar-refractivity contribution in [3.8, 4) is 0 Å². The summed E-state index contributed by atoms with van der Waals surface area (Å²) in [5.74, 6) is 0.914. The molecule has 2 heteroatoms. The fraction of sp³-hybridized carbons (Fsp3) is 1.00. The smallest absolute Gasteiger partial charge is 0.0685 e. The van der Waals surface area contributed by atoms with Crippen molar-refractivity contribution in [3.63, 3.8) is 0 Å². The lowest BCUT2D eigenvalue weighted by Crippen LogP contribution is -2.41. The van der Waals surface area contributed by atoms with Crippen LogP contribution in [-0.2, 0) is 4.74 Å². The molecule has 1 N–H and O–H groups in total. The zero-order valence-corrected chi connectivity index (χ0v) is 11.6.